The maximum absolute atomic E-state index is 12.5. The number of anilines is 2. The number of benzene rings is 1. The monoisotopic (exact) mass is 376 g/mol. The highest BCUT2D eigenvalue weighted by molar-refractivity contribution is 8.01. The lowest BCUT2D eigenvalue weighted by atomic mass is 10.2. The van der Waals surface area contributed by atoms with E-state index in [4.69, 9.17) is 0 Å². The lowest BCUT2D eigenvalue weighted by Crippen LogP contribution is -2.34. The number of carbonyl (C=O) groups is 1. The summed E-state index contributed by atoms with van der Waals surface area (Å²) in [5.41, 5.74) is 2.20. The van der Waals surface area contributed by atoms with Crippen molar-refractivity contribution in [2.45, 2.75) is 37.4 Å². The number of nitrogens with one attached hydrogen (secondary N) is 1. The summed E-state index contributed by atoms with van der Waals surface area (Å²) in [5, 5.41) is 12.4. The van der Waals surface area contributed by atoms with Gasteiger partial charge in [-0.1, -0.05) is 48.2 Å². The van der Waals surface area contributed by atoms with E-state index in [1.54, 1.807) is 0 Å². The minimum atomic E-state index is 0.211. The Morgan fingerprint density at radius 3 is 2.88 bits per heavy atom. The molecule has 0 aliphatic heterocycles. The number of para-hydroxylation sites is 1. The first-order chi connectivity index (χ1) is 12.2. The van der Waals surface area contributed by atoms with Crippen LogP contribution in [0.25, 0.3) is 0 Å². The molecule has 1 aromatic heterocycles. The van der Waals surface area contributed by atoms with Gasteiger partial charge < -0.3 is 10.2 Å². The Labute approximate surface area is 157 Å². The minimum absolute atomic E-state index is 0.211. The molecule has 1 aliphatic rings. The van der Waals surface area contributed by atoms with Gasteiger partial charge in [0.05, 0.1) is 5.75 Å². The van der Waals surface area contributed by atoms with E-state index in [1.165, 1.54) is 35.9 Å². The van der Waals surface area contributed by atoms with Crippen molar-refractivity contribution in [2.24, 2.45) is 5.92 Å². The Morgan fingerprint density at radius 2 is 2.16 bits per heavy atom. The van der Waals surface area contributed by atoms with Crippen LogP contribution < -0.4 is 5.32 Å². The zero-order valence-electron chi connectivity index (χ0n) is 14.7. The molecule has 1 N–H and O–H groups in total. The molecule has 0 spiro atoms. The smallest absolute Gasteiger partial charge is 0.233 e. The van der Waals surface area contributed by atoms with Gasteiger partial charge >= 0.3 is 0 Å². The molecule has 25 heavy (non-hydrogen) atoms. The van der Waals surface area contributed by atoms with Crippen LogP contribution in [0, 0.1) is 12.8 Å². The standard InChI is InChI=1S/C18H24N4OS2/c1-3-10-22(11-14-8-9-14)16(23)12-24-18-21-20-17(25-18)19-15-7-5-4-6-13(15)2/h4-7,14H,3,8-12H2,1-2H3,(H,19,20). The summed E-state index contributed by atoms with van der Waals surface area (Å²) in [6.45, 7) is 5.95. The molecular formula is C18H24N4OS2. The lowest BCUT2D eigenvalue weighted by molar-refractivity contribution is -0.128. The summed E-state index contributed by atoms with van der Waals surface area (Å²) in [7, 11) is 0. The predicted molar refractivity (Wildman–Crippen MR) is 105 cm³/mol. The van der Waals surface area contributed by atoms with E-state index in [-0.39, 0.29) is 5.91 Å². The molecule has 1 aromatic carbocycles. The Morgan fingerprint density at radius 1 is 1.36 bits per heavy atom. The van der Waals surface area contributed by atoms with Gasteiger partial charge in [0.15, 0.2) is 4.34 Å². The van der Waals surface area contributed by atoms with Crippen LogP contribution >= 0.6 is 23.1 Å². The maximum atomic E-state index is 12.5. The number of hydrogen-bond donors (Lipinski definition) is 1. The molecule has 7 heteroatoms. The first-order valence-corrected chi connectivity index (χ1v) is 10.5. The molecule has 0 saturated heterocycles. The van der Waals surface area contributed by atoms with E-state index in [9.17, 15) is 4.79 Å². The number of amides is 1. The Balaban J connectivity index is 1.52. The fourth-order valence-electron chi connectivity index (χ4n) is 2.56. The van der Waals surface area contributed by atoms with Gasteiger partial charge in [0, 0.05) is 18.8 Å². The number of nitrogens with zero attached hydrogens (tertiary/aromatic N) is 3. The van der Waals surface area contributed by atoms with Gasteiger partial charge in [-0.2, -0.15) is 0 Å². The fraction of sp³-hybridized carbons (Fsp3) is 0.500. The summed E-state index contributed by atoms with van der Waals surface area (Å²) in [4.78, 5) is 14.5. The van der Waals surface area contributed by atoms with Crippen molar-refractivity contribution >= 4 is 39.8 Å². The van der Waals surface area contributed by atoms with Crippen LogP contribution in [-0.4, -0.2) is 39.8 Å². The van der Waals surface area contributed by atoms with Crippen molar-refractivity contribution in [1.29, 1.82) is 0 Å². The fourth-order valence-corrected chi connectivity index (χ4v) is 4.23. The molecule has 3 rings (SSSR count). The summed E-state index contributed by atoms with van der Waals surface area (Å²) in [5.74, 6) is 1.38. The molecule has 0 radical (unpaired) electrons. The lowest BCUT2D eigenvalue weighted by Gasteiger charge is -2.21. The highest BCUT2D eigenvalue weighted by atomic mass is 32.2. The van der Waals surface area contributed by atoms with Crippen LogP contribution in [0.5, 0.6) is 0 Å². The molecule has 0 atom stereocenters. The van der Waals surface area contributed by atoms with E-state index in [0.717, 1.165) is 46.2 Å². The van der Waals surface area contributed by atoms with Crippen molar-refractivity contribution in [3.05, 3.63) is 29.8 Å². The first kappa shape index (κ1) is 18.2. The van der Waals surface area contributed by atoms with Crippen LogP contribution in [0.4, 0.5) is 10.8 Å². The largest absolute Gasteiger partial charge is 0.342 e. The summed E-state index contributed by atoms with van der Waals surface area (Å²) in [6.07, 6.45) is 3.54. The van der Waals surface area contributed by atoms with Gasteiger partial charge in [-0.25, -0.2) is 0 Å². The SMILES string of the molecule is CCCN(CC1CC1)C(=O)CSc1nnc(Nc2ccccc2C)s1. The van der Waals surface area contributed by atoms with E-state index >= 15 is 0 Å². The number of carbonyl (C=O) groups excluding carboxylic acids is 1. The maximum Gasteiger partial charge on any atom is 0.233 e. The van der Waals surface area contributed by atoms with Gasteiger partial charge in [-0.15, -0.1) is 10.2 Å². The quantitative estimate of drug-likeness (QED) is 0.660. The normalized spacial score (nSPS) is 13.7. The van der Waals surface area contributed by atoms with E-state index in [2.05, 4.69) is 35.4 Å². The van der Waals surface area contributed by atoms with Crippen LogP contribution in [-0.2, 0) is 4.79 Å². The molecular weight excluding hydrogens is 352 g/mol. The number of hydrogen-bond acceptors (Lipinski definition) is 6. The molecule has 5 nitrogen and oxygen atoms in total. The molecule has 2 aromatic rings. The van der Waals surface area contributed by atoms with Crippen molar-refractivity contribution in [1.82, 2.24) is 15.1 Å². The van der Waals surface area contributed by atoms with E-state index < -0.39 is 0 Å². The van der Waals surface area contributed by atoms with Crippen LogP contribution in [0.1, 0.15) is 31.7 Å². The molecule has 1 aliphatic carbocycles. The summed E-state index contributed by atoms with van der Waals surface area (Å²) >= 11 is 2.97. The van der Waals surface area contributed by atoms with Crippen molar-refractivity contribution in [3.63, 3.8) is 0 Å². The summed E-state index contributed by atoms with van der Waals surface area (Å²) < 4.78 is 0.826. The minimum Gasteiger partial charge on any atom is -0.342 e. The number of rotatable bonds is 9. The second kappa shape index (κ2) is 8.67. The Hall–Kier alpha value is -1.60. The number of thioether (sulfide) groups is 1. The van der Waals surface area contributed by atoms with Crippen LogP contribution in [0.15, 0.2) is 28.6 Å². The number of aromatic nitrogens is 2. The zero-order valence-corrected chi connectivity index (χ0v) is 16.3. The third kappa shape index (κ3) is 5.44. The van der Waals surface area contributed by atoms with Crippen LogP contribution in [0.2, 0.25) is 0 Å². The highest BCUT2D eigenvalue weighted by Crippen LogP contribution is 2.31. The average molecular weight is 377 g/mol. The average Bonchev–Trinajstić information content (AvgIpc) is 3.31. The second-order valence-corrected chi connectivity index (χ2v) is 8.58. The second-order valence-electron chi connectivity index (χ2n) is 6.38. The number of aryl methyl sites for hydroxylation is 1. The first-order valence-electron chi connectivity index (χ1n) is 8.72. The molecule has 1 fully saturated rings. The highest BCUT2D eigenvalue weighted by Gasteiger charge is 2.26. The molecule has 0 bridgehead atoms. The van der Waals surface area contributed by atoms with Crippen molar-refractivity contribution in [3.8, 4) is 0 Å². The topological polar surface area (TPSA) is 58.1 Å². The molecule has 134 valence electrons. The summed E-state index contributed by atoms with van der Waals surface area (Å²) in [6, 6.07) is 8.08. The van der Waals surface area contributed by atoms with E-state index in [0.29, 0.717) is 5.75 Å². The van der Waals surface area contributed by atoms with Crippen molar-refractivity contribution in [2.75, 3.05) is 24.2 Å². The van der Waals surface area contributed by atoms with Gasteiger partial charge in [0.25, 0.3) is 0 Å². The van der Waals surface area contributed by atoms with E-state index in [1.807, 2.05) is 23.1 Å². The third-order valence-corrected chi connectivity index (χ3v) is 6.09. The predicted octanol–water partition coefficient (Wildman–Crippen LogP) is 4.33. The Bertz CT molecular complexity index is 715. The third-order valence-electron chi connectivity index (χ3n) is 4.13. The van der Waals surface area contributed by atoms with Gasteiger partial charge in [0.1, 0.15) is 0 Å². The molecule has 1 amide bonds. The van der Waals surface area contributed by atoms with Gasteiger partial charge in [-0.3, -0.25) is 4.79 Å². The molecule has 1 saturated carbocycles. The van der Waals surface area contributed by atoms with Gasteiger partial charge in [-0.05, 0) is 43.7 Å². The van der Waals surface area contributed by atoms with Crippen molar-refractivity contribution < 1.29 is 4.79 Å². The van der Waals surface area contributed by atoms with Crippen LogP contribution in [0.3, 0.4) is 0 Å². The molecule has 0 unspecified atom stereocenters. The zero-order chi connectivity index (χ0) is 17.6. The van der Waals surface area contributed by atoms with Gasteiger partial charge in [0.2, 0.25) is 11.0 Å². The Kier molecular flexibility index (Phi) is 6.31. The molecule has 1 heterocycles.